The molecule has 1 fully saturated rings. The highest BCUT2D eigenvalue weighted by Gasteiger charge is 2.21. The van der Waals surface area contributed by atoms with Crippen molar-refractivity contribution in [1.82, 2.24) is 5.32 Å². The maximum Gasteiger partial charge on any atom is 0.319 e. The maximum absolute atomic E-state index is 12.0. The number of hydrogen-bond acceptors (Lipinski definition) is 3. The van der Waals surface area contributed by atoms with Crippen LogP contribution >= 0.6 is 0 Å². The molecule has 2 N–H and O–H groups in total. The molecular weight excluding hydrogens is 318 g/mol. The van der Waals surface area contributed by atoms with Crippen LogP contribution in [0.15, 0.2) is 48.5 Å². The van der Waals surface area contributed by atoms with E-state index in [0.717, 1.165) is 24.2 Å². The fraction of sp³-hybridized carbons (Fsp3) is 0.263. The van der Waals surface area contributed by atoms with Gasteiger partial charge in [-0.05, 0) is 36.2 Å². The average Bonchev–Trinajstić information content (AvgIpc) is 3.07. The molecule has 1 saturated heterocycles. The molecule has 6 heteroatoms. The topological polar surface area (TPSA) is 70.7 Å². The van der Waals surface area contributed by atoms with Gasteiger partial charge in [0, 0.05) is 25.2 Å². The summed E-state index contributed by atoms with van der Waals surface area (Å²) in [6.07, 6.45) is 1.53. The van der Waals surface area contributed by atoms with E-state index in [1.807, 2.05) is 36.4 Å². The number of rotatable bonds is 5. The van der Waals surface area contributed by atoms with E-state index in [0.29, 0.717) is 24.4 Å². The lowest BCUT2D eigenvalue weighted by Crippen LogP contribution is -2.28. The second kappa shape index (κ2) is 7.70. The van der Waals surface area contributed by atoms with Crippen molar-refractivity contribution in [2.24, 2.45) is 0 Å². The van der Waals surface area contributed by atoms with Crippen LogP contribution in [0.4, 0.5) is 16.2 Å². The zero-order valence-electron chi connectivity index (χ0n) is 14.1. The predicted octanol–water partition coefficient (Wildman–Crippen LogP) is 3.14. The molecule has 1 aliphatic rings. The Kier molecular flexibility index (Phi) is 5.18. The monoisotopic (exact) mass is 339 g/mol. The molecule has 0 unspecified atom stereocenters. The quantitative estimate of drug-likeness (QED) is 0.879. The van der Waals surface area contributed by atoms with E-state index in [9.17, 15) is 9.59 Å². The van der Waals surface area contributed by atoms with Crippen molar-refractivity contribution in [1.29, 1.82) is 0 Å². The van der Waals surface area contributed by atoms with Crippen LogP contribution in [0.2, 0.25) is 0 Å². The third kappa shape index (κ3) is 4.09. The lowest BCUT2D eigenvalue weighted by molar-refractivity contribution is -0.117. The summed E-state index contributed by atoms with van der Waals surface area (Å²) in [5, 5.41) is 5.58. The molecule has 0 saturated carbocycles. The highest BCUT2D eigenvalue weighted by Crippen LogP contribution is 2.23. The average molecular weight is 339 g/mol. The predicted molar refractivity (Wildman–Crippen MR) is 96.9 cm³/mol. The molecule has 0 radical (unpaired) electrons. The molecule has 1 aliphatic heterocycles. The second-order valence-electron chi connectivity index (χ2n) is 5.82. The van der Waals surface area contributed by atoms with E-state index < -0.39 is 0 Å². The number of urea groups is 1. The lowest BCUT2D eigenvalue weighted by atomic mass is 10.2. The van der Waals surface area contributed by atoms with Gasteiger partial charge in [0.15, 0.2) is 0 Å². The first-order valence-corrected chi connectivity index (χ1v) is 8.24. The molecule has 3 rings (SSSR count). The summed E-state index contributed by atoms with van der Waals surface area (Å²) >= 11 is 0. The summed E-state index contributed by atoms with van der Waals surface area (Å²) in [4.78, 5) is 25.6. The normalized spacial score (nSPS) is 13.6. The van der Waals surface area contributed by atoms with Gasteiger partial charge in [-0.1, -0.05) is 24.3 Å². The molecule has 25 heavy (non-hydrogen) atoms. The Labute approximate surface area is 146 Å². The fourth-order valence-corrected chi connectivity index (χ4v) is 2.81. The Morgan fingerprint density at radius 3 is 2.60 bits per heavy atom. The van der Waals surface area contributed by atoms with Gasteiger partial charge in [-0.3, -0.25) is 4.79 Å². The lowest BCUT2D eigenvalue weighted by Gasteiger charge is -2.16. The van der Waals surface area contributed by atoms with Crippen LogP contribution in [0.25, 0.3) is 0 Å². The molecule has 130 valence electrons. The van der Waals surface area contributed by atoms with Crippen LogP contribution < -0.4 is 20.3 Å². The van der Waals surface area contributed by atoms with Gasteiger partial charge in [-0.2, -0.15) is 0 Å². The first kappa shape index (κ1) is 16.8. The van der Waals surface area contributed by atoms with E-state index in [1.165, 1.54) is 0 Å². The van der Waals surface area contributed by atoms with E-state index in [-0.39, 0.29) is 11.9 Å². The molecular formula is C19H21N3O3. The van der Waals surface area contributed by atoms with Crippen LogP contribution in [-0.2, 0) is 11.3 Å². The minimum Gasteiger partial charge on any atom is -0.495 e. The number of benzene rings is 2. The number of nitrogens with one attached hydrogen (secondary N) is 2. The van der Waals surface area contributed by atoms with Gasteiger partial charge >= 0.3 is 6.03 Å². The Balaban J connectivity index is 1.54. The van der Waals surface area contributed by atoms with Gasteiger partial charge in [-0.15, -0.1) is 0 Å². The molecule has 6 nitrogen and oxygen atoms in total. The SMILES string of the molecule is COc1ccccc1NC(=O)NCc1ccc(N2CCCC2=O)cc1. The molecule has 2 aromatic rings. The van der Waals surface area contributed by atoms with Gasteiger partial charge in [0.2, 0.25) is 5.91 Å². The molecule has 3 amide bonds. The number of ether oxygens (including phenoxy) is 1. The summed E-state index contributed by atoms with van der Waals surface area (Å²) in [6.45, 7) is 1.17. The highest BCUT2D eigenvalue weighted by molar-refractivity contribution is 5.95. The van der Waals surface area contributed by atoms with Gasteiger partial charge in [0.05, 0.1) is 12.8 Å². The Morgan fingerprint density at radius 1 is 1.16 bits per heavy atom. The van der Waals surface area contributed by atoms with E-state index in [1.54, 1.807) is 24.1 Å². The molecule has 0 spiro atoms. The first-order chi connectivity index (χ1) is 12.2. The largest absolute Gasteiger partial charge is 0.495 e. The van der Waals surface area contributed by atoms with Crippen molar-refractivity contribution in [3.05, 3.63) is 54.1 Å². The number of methoxy groups -OCH3 is 1. The number of carbonyl (C=O) groups excluding carboxylic acids is 2. The van der Waals surface area contributed by atoms with Crippen LogP contribution in [0.5, 0.6) is 5.75 Å². The fourth-order valence-electron chi connectivity index (χ4n) is 2.81. The minimum atomic E-state index is -0.303. The van der Waals surface area contributed by atoms with Gasteiger partial charge in [0.1, 0.15) is 5.75 Å². The molecule has 1 heterocycles. The smallest absolute Gasteiger partial charge is 0.319 e. The second-order valence-corrected chi connectivity index (χ2v) is 5.82. The minimum absolute atomic E-state index is 0.169. The Bertz CT molecular complexity index is 759. The summed E-state index contributed by atoms with van der Waals surface area (Å²) in [6, 6.07) is 14.6. The van der Waals surface area contributed by atoms with E-state index in [2.05, 4.69) is 10.6 Å². The summed E-state index contributed by atoms with van der Waals surface area (Å²) < 4.78 is 5.20. The van der Waals surface area contributed by atoms with Crippen LogP contribution in [-0.4, -0.2) is 25.6 Å². The molecule has 2 aromatic carbocycles. The standard InChI is InChI=1S/C19H21N3O3/c1-25-17-6-3-2-5-16(17)21-19(24)20-13-14-8-10-15(11-9-14)22-12-4-7-18(22)23/h2-3,5-6,8-11H,4,7,12-13H2,1H3,(H2,20,21,24). The zero-order valence-corrected chi connectivity index (χ0v) is 14.1. The summed E-state index contributed by atoms with van der Waals surface area (Å²) in [5.41, 5.74) is 2.49. The Morgan fingerprint density at radius 2 is 1.92 bits per heavy atom. The van der Waals surface area contributed by atoms with Crippen LogP contribution in [0, 0.1) is 0 Å². The van der Waals surface area contributed by atoms with Crippen molar-refractivity contribution < 1.29 is 14.3 Å². The molecule has 0 atom stereocenters. The van der Waals surface area contributed by atoms with Crippen molar-refractivity contribution in [2.75, 3.05) is 23.9 Å². The van der Waals surface area contributed by atoms with Crippen LogP contribution in [0.1, 0.15) is 18.4 Å². The van der Waals surface area contributed by atoms with Crippen molar-refractivity contribution in [3.63, 3.8) is 0 Å². The summed E-state index contributed by atoms with van der Waals surface area (Å²) in [7, 11) is 1.56. The number of anilines is 2. The van der Waals surface area contributed by atoms with Crippen molar-refractivity contribution in [2.45, 2.75) is 19.4 Å². The zero-order chi connectivity index (χ0) is 17.6. The summed E-state index contributed by atoms with van der Waals surface area (Å²) in [5.74, 6) is 0.777. The maximum atomic E-state index is 12.0. The number of carbonyl (C=O) groups is 2. The van der Waals surface area contributed by atoms with E-state index in [4.69, 9.17) is 4.74 Å². The third-order valence-corrected chi connectivity index (χ3v) is 4.13. The van der Waals surface area contributed by atoms with Gasteiger partial charge in [-0.25, -0.2) is 4.79 Å². The number of para-hydroxylation sites is 2. The van der Waals surface area contributed by atoms with Crippen LogP contribution in [0.3, 0.4) is 0 Å². The molecule has 0 aromatic heterocycles. The van der Waals surface area contributed by atoms with Crippen molar-refractivity contribution in [3.8, 4) is 5.75 Å². The molecule has 0 bridgehead atoms. The van der Waals surface area contributed by atoms with Gasteiger partial charge in [0.25, 0.3) is 0 Å². The number of amides is 3. The van der Waals surface area contributed by atoms with E-state index >= 15 is 0 Å². The number of hydrogen-bond donors (Lipinski definition) is 2. The highest BCUT2D eigenvalue weighted by atomic mass is 16.5. The van der Waals surface area contributed by atoms with Gasteiger partial charge < -0.3 is 20.3 Å². The molecule has 0 aliphatic carbocycles. The third-order valence-electron chi connectivity index (χ3n) is 4.13. The Hall–Kier alpha value is -3.02. The number of nitrogens with zero attached hydrogens (tertiary/aromatic N) is 1. The first-order valence-electron chi connectivity index (χ1n) is 8.24. The van der Waals surface area contributed by atoms with Crippen molar-refractivity contribution >= 4 is 23.3 Å².